The van der Waals surface area contributed by atoms with Crippen molar-refractivity contribution in [2.75, 3.05) is 218 Å². The van der Waals surface area contributed by atoms with Crippen LogP contribution in [-0.4, -0.2) is 386 Å². The molecule has 11 fully saturated rings. The SMILES string of the molecule is CC(C)N(C)C.CC(C)N1CCC(O)CC1.CC(C)N1CCC(c2ncccn2)CC1.CC(C)N1CCCC1.CC(C)N1CCCCC1.CC(C)N1CCCCCC1.CC(C)N1CCN(C)CC1.CC(C)N1CCNCC1.CC(C)N1CCOCC1.CC1CC(C)CN(C(C)C)C1.CC1CCN(C(C)C)CC1.CC1CCN(C(C)C)CC1C.CCN(CC)C(C)C. The van der Waals surface area contributed by atoms with E-state index in [9.17, 15) is 5.11 Å². The van der Waals surface area contributed by atoms with Crippen molar-refractivity contribution < 1.29 is 9.84 Å². The van der Waals surface area contributed by atoms with E-state index in [0.29, 0.717) is 36.1 Å². The molecule has 12 rings (SSSR count). The molecule has 11 aliphatic rings. The van der Waals surface area contributed by atoms with Crippen molar-refractivity contribution in [3.63, 3.8) is 0 Å². The maximum Gasteiger partial charge on any atom is 0.131 e. The van der Waals surface area contributed by atoms with Gasteiger partial charge in [0.2, 0.25) is 0 Å². The fraction of sp³-hybridized carbons (Fsp3) is 0.963. The zero-order valence-corrected chi connectivity index (χ0v) is 91.5. The third-order valence-electron chi connectivity index (χ3n) is 28.6. The maximum atomic E-state index is 9.18. The van der Waals surface area contributed by atoms with Gasteiger partial charge in [0.05, 0.1) is 19.3 Å². The standard InChI is InChI=1S/C12H19N3.2C10H21N.2C9H19N.C8H18N2.C8H17NO.C8H17N.C7H16N2.C7H15NO.C7H15N.C7H17N.C5H13N/c1-10(2)15-8-4-11(5-9-15)12-13-6-3-7-14-12;1-8(2)11-6-9(3)5-10(4)7-11;1-8(2)11-6-5-9(3)10(4)7-11;1-8(2)10-6-4-9(3)5-7-10;1-9(2)10-7-5-3-4-6-8-10;1-8(2)10-6-4-9(3)5-7-10;1-7(2)9-5-3-8(10)4-6-9;1-8(2)9-6-4-3-5-7-9;1-7(2)9-5-3-8-4-6-9;1-7(2)8-3-5-9-6-4-8;1-7(2)8-5-3-4-6-8;1-5-8(6-2)7(3)4;1-5(2)6(3)4/h3,6-7,10-11H,4-5,8-9H2,1-2H3;2*8-10H,5-7H2,1-4H3;8-9H,4-7H2,1-3H3;9H,3-8H2,1-2H3;8H,4-7H2,1-3H3;7-8,10H,3-6H2,1-2H3;8H,3-7H2,1-2H3;7-8H,3-6H2,1-2H3;7H,3-6H2,1-2H3;7H,3-6H2,1-2H3;7H,5-6H2,1-4H3;5H,1-4H3. The summed E-state index contributed by atoms with van der Waals surface area (Å²) in [6.45, 7) is 111. The molecule has 0 saturated carbocycles. The van der Waals surface area contributed by atoms with Gasteiger partial charge in [0, 0.05) is 195 Å². The lowest BCUT2D eigenvalue weighted by molar-refractivity contribution is 0.0238. The lowest BCUT2D eigenvalue weighted by Gasteiger charge is -2.37. The highest BCUT2D eigenvalue weighted by molar-refractivity contribution is 4.99. The number of likely N-dealkylation sites (tertiary alicyclic amines) is 8. The largest absolute Gasteiger partial charge is 0.393 e. The summed E-state index contributed by atoms with van der Waals surface area (Å²) in [5.74, 6) is 6.20. The van der Waals surface area contributed by atoms with E-state index in [1.807, 2.05) is 18.5 Å². The number of morpholine rings is 1. The van der Waals surface area contributed by atoms with E-state index in [1.165, 1.54) is 240 Å². The second-order valence-electron chi connectivity index (χ2n) is 43.5. The fourth-order valence-corrected chi connectivity index (χ4v) is 17.9. The van der Waals surface area contributed by atoms with E-state index in [4.69, 9.17) is 4.74 Å². The molecule has 0 radical (unpaired) electrons. The molecule has 4 atom stereocenters. The molecule has 0 spiro atoms. The highest BCUT2D eigenvalue weighted by atomic mass is 16.5. The van der Waals surface area contributed by atoms with Gasteiger partial charge in [0.15, 0.2) is 0 Å². The number of piperidine rings is 6. The average Bonchev–Trinajstić information content (AvgIpc) is 0.990. The summed E-state index contributed by atoms with van der Waals surface area (Å²) in [6.07, 6.45) is 26.4. The predicted octanol–water partition coefficient (Wildman–Crippen LogP) is 19.8. The van der Waals surface area contributed by atoms with Crippen molar-refractivity contribution >= 4 is 0 Å². The van der Waals surface area contributed by atoms with Gasteiger partial charge in [-0.05, 0) is 412 Å². The first-order chi connectivity index (χ1) is 59.5. The second kappa shape index (κ2) is 74.6. The van der Waals surface area contributed by atoms with E-state index < -0.39 is 0 Å². The molecule has 12 heterocycles. The quantitative estimate of drug-likeness (QED) is 0.164. The lowest BCUT2D eigenvalue weighted by Crippen LogP contribution is -2.47. The van der Waals surface area contributed by atoms with Gasteiger partial charge in [0.25, 0.3) is 0 Å². The Morgan fingerprint density at radius 3 is 0.952 bits per heavy atom. The van der Waals surface area contributed by atoms with E-state index in [-0.39, 0.29) is 6.10 Å². The molecule has 0 bridgehead atoms. The minimum atomic E-state index is -0.0324. The van der Waals surface area contributed by atoms with Gasteiger partial charge < -0.3 is 69.1 Å². The normalized spacial score (nSPS) is 23.6. The third kappa shape index (κ3) is 61.4. The molecule has 126 heavy (non-hydrogen) atoms. The molecule has 0 aliphatic carbocycles. The summed E-state index contributed by atoms with van der Waals surface area (Å²) < 4.78 is 5.21. The summed E-state index contributed by atoms with van der Waals surface area (Å²) in [5.41, 5.74) is 0. The smallest absolute Gasteiger partial charge is 0.131 e. The fourth-order valence-electron chi connectivity index (χ4n) is 17.9. The summed E-state index contributed by atoms with van der Waals surface area (Å²) in [7, 11) is 6.34. The van der Waals surface area contributed by atoms with Gasteiger partial charge in [-0.1, -0.05) is 67.7 Å². The number of piperazine rings is 2. The van der Waals surface area contributed by atoms with Gasteiger partial charge in [-0.15, -0.1) is 0 Å². The van der Waals surface area contributed by atoms with Crippen LogP contribution < -0.4 is 5.32 Å². The number of aromatic nitrogens is 2. The van der Waals surface area contributed by atoms with Crippen molar-refractivity contribution in [1.29, 1.82) is 0 Å². The molecular formula is C107H227N17O2. The van der Waals surface area contributed by atoms with Crippen LogP contribution in [0, 0.1) is 29.6 Å². The van der Waals surface area contributed by atoms with Crippen LogP contribution in [-0.2, 0) is 4.74 Å². The van der Waals surface area contributed by atoms with E-state index in [2.05, 4.69) is 334 Å². The summed E-state index contributed by atoms with van der Waals surface area (Å²) in [6, 6.07) is 11.3. The first-order valence-electron chi connectivity index (χ1n) is 53.4. The molecule has 0 aromatic carbocycles. The Hall–Kier alpha value is -1.60. The average molecular weight is 1780 g/mol. The van der Waals surface area contributed by atoms with Crippen molar-refractivity contribution in [2.24, 2.45) is 29.6 Å². The van der Waals surface area contributed by atoms with Crippen molar-refractivity contribution in [2.45, 2.75) is 428 Å². The molecule has 1 aromatic heterocycles. The number of likely N-dealkylation sites (N-methyl/N-ethyl adjacent to an activating group) is 1. The third-order valence-corrected chi connectivity index (χ3v) is 28.6. The second-order valence-corrected chi connectivity index (χ2v) is 43.5. The Kier molecular flexibility index (Phi) is 73.7. The number of ether oxygens (including phenoxy) is 1. The number of hydrogen-bond donors (Lipinski definition) is 2. The van der Waals surface area contributed by atoms with E-state index in [0.717, 1.165) is 149 Å². The number of nitrogens with zero attached hydrogens (tertiary/aromatic N) is 16. The number of nitrogens with one attached hydrogen (secondary N) is 1. The molecule has 2 N–H and O–H groups in total. The topological polar surface area (TPSA) is 113 Å². The predicted molar refractivity (Wildman–Crippen MR) is 557 cm³/mol. The van der Waals surface area contributed by atoms with Crippen molar-refractivity contribution in [3.8, 4) is 0 Å². The zero-order valence-electron chi connectivity index (χ0n) is 91.5. The summed E-state index contributed by atoms with van der Waals surface area (Å²) >= 11 is 0. The number of aliphatic hydroxyl groups excluding tert-OH is 1. The van der Waals surface area contributed by atoms with Crippen molar-refractivity contribution in [3.05, 3.63) is 24.3 Å². The Labute approximate surface area is 789 Å². The Bertz CT molecular complexity index is 2340. The van der Waals surface area contributed by atoms with E-state index >= 15 is 0 Å². The molecule has 19 heteroatoms. The molecule has 19 nitrogen and oxygen atoms in total. The van der Waals surface area contributed by atoms with Gasteiger partial charge in [-0.2, -0.15) is 0 Å². The van der Waals surface area contributed by atoms with Crippen molar-refractivity contribution in [1.82, 2.24) is 83.9 Å². The molecule has 11 saturated heterocycles. The lowest BCUT2D eigenvalue weighted by atomic mass is 9.88. The van der Waals surface area contributed by atoms with Crippen LogP contribution in [0.15, 0.2) is 18.5 Å². The summed E-state index contributed by atoms with van der Waals surface area (Å²) in [5, 5.41) is 12.5. The first-order valence-corrected chi connectivity index (χ1v) is 53.4. The minimum absolute atomic E-state index is 0.0324. The van der Waals surface area contributed by atoms with Crippen LogP contribution >= 0.6 is 0 Å². The van der Waals surface area contributed by atoms with Crippen LogP contribution in [0.3, 0.4) is 0 Å². The van der Waals surface area contributed by atoms with E-state index in [1.54, 1.807) is 0 Å². The van der Waals surface area contributed by atoms with Gasteiger partial charge in [0.1, 0.15) is 5.82 Å². The highest BCUT2D eigenvalue weighted by Crippen LogP contribution is 2.28. The van der Waals surface area contributed by atoms with Crippen LogP contribution in [0.4, 0.5) is 0 Å². The molecule has 752 valence electrons. The number of rotatable bonds is 16. The Balaban J connectivity index is 0.00000135. The van der Waals surface area contributed by atoms with Gasteiger partial charge in [-0.25, -0.2) is 9.97 Å². The first kappa shape index (κ1) is 124. The maximum absolute atomic E-state index is 9.18. The minimum Gasteiger partial charge on any atom is -0.393 e. The van der Waals surface area contributed by atoms with Gasteiger partial charge >= 0.3 is 0 Å². The van der Waals surface area contributed by atoms with Crippen LogP contribution in [0.25, 0.3) is 0 Å². The molecule has 11 aliphatic heterocycles. The Morgan fingerprint density at radius 2 is 0.643 bits per heavy atom. The molecular weight excluding hydrogens is 1560 g/mol. The number of hydrogen-bond acceptors (Lipinski definition) is 19. The molecule has 1 aromatic rings. The highest BCUT2D eigenvalue weighted by Gasteiger charge is 2.28. The van der Waals surface area contributed by atoms with Crippen LogP contribution in [0.2, 0.25) is 0 Å². The summed E-state index contributed by atoms with van der Waals surface area (Å²) in [4.78, 5) is 43.5. The zero-order chi connectivity index (χ0) is 95.4. The van der Waals surface area contributed by atoms with Crippen LogP contribution in [0.5, 0.6) is 0 Å². The monoisotopic (exact) mass is 1780 g/mol. The number of aliphatic hydroxyl groups is 1. The molecule has 0 amide bonds. The van der Waals surface area contributed by atoms with Gasteiger partial charge in [-0.3, -0.25) is 14.7 Å². The van der Waals surface area contributed by atoms with Crippen LogP contribution in [0.1, 0.15) is 349 Å². The Morgan fingerprint density at radius 1 is 0.341 bits per heavy atom. The molecule has 4 unspecified atom stereocenters.